The molecule has 1 unspecified atom stereocenters. The van der Waals surface area contributed by atoms with Crippen LogP contribution in [-0.2, 0) is 11.8 Å². The average Bonchev–Trinajstić information content (AvgIpc) is 2.17. The van der Waals surface area contributed by atoms with E-state index in [2.05, 4.69) is 51.1 Å². The molecule has 0 bridgehead atoms. The van der Waals surface area contributed by atoms with Crippen LogP contribution >= 0.6 is 0 Å². The highest BCUT2D eigenvalue weighted by Crippen LogP contribution is 2.22. The maximum absolute atomic E-state index is 8.73. The van der Waals surface area contributed by atoms with Gasteiger partial charge in [-0.05, 0) is 29.9 Å². The quantitative estimate of drug-likeness (QED) is 0.716. The van der Waals surface area contributed by atoms with E-state index in [4.69, 9.17) is 5.26 Å². The highest BCUT2D eigenvalue weighted by Gasteiger charge is 2.13. The summed E-state index contributed by atoms with van der Waals surface area (Å²) in [6.07, 6.45) is 0.848. The van der Waals surface area contributed by atoms with E-state index in [1.165, 1.54) is 11.1 Å². The summed E-state index contributed by atoms with van der Waals surface area (Å²) in [7, 11) is 0. The lowest BCUT2D eigenvalue weighted by Gasteiger charge is -2.19. The first kappa shape index (κ1) is 11.8. The summed E-state index contributed by atoms with van der Waals surface area (Å²) in [4.78, 5) is 0. The molecule has 0 heterocycles. The summed E-state index contributed by atoms with van der Waals surface area (Å²) in [6, 6.07) is 10.9. The summed E-state index contributed by atoms with van der Waals surface area (Å²) >= 11 is 0. The molecule has 1 heteroatoms. The van der Waals surface area contributed by atoms with Gasteiger partial charge in [0.25, 0.3) is 0 Å². The van der Waals surface area contributed by atoms with Gasteiger partial charge in [-0.3, -0.25) is 0 Å². The molecular weight excluding hydrogens is 182 g/mol. The monoisotopic (exact) mass is 201 g/mol. The van der Waals surface area contributed by atoms with E-state index in [0.717, 1.165) is 6.42 Å². The molecule has 0 spiro atoms. The van der Waals surface area contributed by atoms with Crippen LogP contribution in [0.15, 0.2) is 24.3 Å². The number of hydrogen-bond donors (Lipinski definition) is 0. The summed E-state index contributed by atoms with van der Waals surface area (Å²) < 4.78 is 0. The van der Waals surface area contributed by atoms with Crippen molar-refractivity contribution in [3.63, 3.8) is 0 Å². The molecule has 0 fully saturated rings. The van der Waals surface area contributed by atoms with E-state index >= 15 is 0 Å². The first-order chi connectivity index (χ1) is 6.93. The van der Waals surface area contributed by atoms with E-state index < -0.39 is 0 Å². The Kier molecular flexibility index (Phi) is 3.52. The molecule has 15 heavy (non-hydrogen) atoms. The first-order valence-electron chi connectivity index (χ1n) is 5.42. The second-order valence-electron chi connectivity index (χ2n) is 5.18. The summed E-state index contributed by atoms with van der Waals surface area (Å²) in [6.45, 7) is 8.58. The Morgan fingerprint density at radius 3 is 2.13 bits per heavy atom. The second kappa shape index (κ2) is 4.49. The van der Waals surface area contributed by atoms with Gasteiger partial charge in [-0.2, -0.15) is 5.26 Å². The van der Waals surface area contributed by atoms with Gasteiger partial charge in [0.05, 0.1) is 6.07 Å². The van der Waals surface area contributed by atoms with Crippen molar-refractivity contribution in [1.29, 1.82) is 5.26 Å². The zero-order valence-electron chi connectivity index (χ0n) is 10.0. The fourth-order valence-corrected chi connectivity index (χ4v) is 1.54. The second-order valence-corrected chi connectivity index (χ2v) is 5.18. The van der Waals surface area contributed by atoms with Crippen molar-refractivity contribution in [2.45, 2.75) is 39.5 Å². The minimum Gasteiger partial charge on any atom is -0.198 e. The van der Waals surface area contributed by atoms with Gasteiger partial charge >= 0.3 is 0 Å². The van der Waals surface area contributed by atoms with Gasteiger partial charge in [0.1, 0.15) is 0 Å². The minimum atomic E-state index is 0.102. The van der Waals surface area contributed by atoms with Gasteiger partial charge in [0, 0.05) is 5.92 Å². The van der Waals surface area contributed by atoms with E-state index in [1.807, 2.05) is 6.92 Å². The molecule has 1 nitrogen and oxygen atoms in total. The highest BCUT2D eigenvalue weighted by molar-refractivity contribution is 5.28. The van der Waals surface area contributed by atoms with E-state index in [9.17, 15) is 0 Å². The lowest BCUT2D eigenvalue weighted by atomic mass is 9.86. The van der Waals surface area contributed by atoms with Crippen molar-refractivity contribution < 1.29 is 0 Å². The maximum atomic E-state index is 8.73. The van der Waals surface area contributed by atoms with Crippen LogP contribution in [0.2, 0.25) is 0 Å². The molecule has 0 aliphatic carbocycles. The Balaban J connectivity index is 2.78. The Labute approximate surface area is 92.7 Å². The van der Waals surface area contributed by atoms with E-state index in [1.54, 1.807) is 0 Å². The van der Waals surface area contributed by atoms with E-state index in [-0.39, 0.29) is 11.3 Å². The van der Waals surface area contributed by atoms with Crippen LogP contribution in [0.4, 0.5) is 0 Å². The topological polar surface area (TPSA) is 23.8 Å². The number of hydrogen-bond acceptors (Lipinski definition) is 1. The van der Waals surface area contributed by atoms with Crippen molar-refractivity contribution in [3.05, 3.63) is 35.4 Å². The zero-order valence-corrected chi connectivity index (χ0v) is 10.0. The molecule has 1 atom stereocenters. The van der Waals surface area contributed by atoms with Crippen molar-refractivity contribution in [1.82, 2.24) is 0 Å². The van der Waals surface area contributed by atoms with Gasteiger partial charge in [0.2, 0.25) is 0 Å². The maximum Gasteiger partial charge on any atom is 0.0656 e. The molecular formula is C14H19N. The van der Waals surface area contributed by atoms with Gasteiger partial charge in [-0.25, -0.2) is 0 Å². The predicted octanol–water partition coefficient (Wildman–Crippen LogP) is 3.69. The van der Waals surface area contributed by atoms with Gasteiger partial charge in [-0.1, -0.05) is 45.0 Å². The molecule has 0 saturated carbocycles. The fourth-order valence-electron chi connectivity index (χ4n) is 1.54. The smallest absolute Gasteiger partial charge is 0.0656 e. The van der Waals surface area contributed by atoms with Crippen molar-refractivity contribution in [2.75, 3.05) is 0 Å². The molecule has 0 aromatic heterocycles. The Hall–Kier alpha value is -1.29. The van der Waals surface area contributed by atoms with Crippen LogP contribution in [0.1, 0.15) is 38.8 Å². The molecule has 1 rings (SSSR count). The third-order valence-electron chi connectivity index (χ3n) is 2.58. The SMILES string of the molecule is CC(C#N)Cc1ccc(C(C)(C)C)cc1. The highest BCUT2D eigenvalue weighted by atomic mass is 14.3. The summed E-state index contributed by atoms with van der Waals surface area (Å²) in [5.41, 5.74) is 2.80. The molecule has 0 aliphatic heterocycles. The largest absolute Gasteiger partial charge is 0.198 e. The zero-order chi connectivity index (χ0) is 11.5. The normalized spacial score (nSPS) is 13.3. The summed E-state index contributed by atoms with van der Waals surface area (Å²) in [5.74, 6) is 0.102. The fraction of sp³-hybridized carbons (Fsp3) is 0.500. The summed E-state index contributed by atoms with van der Waals surface area (Å²) in [5, 5.41) is 8.73. The molecule has 1 aromatic carbocycles. The number of benzene rings is 1. The van der Waals surface area contributed by atoms with Crippen LogP contribution in [0.3, 0.4) is 0 Å². The van der Waals surface area contributed by atoms with E-state index in [0.29, 0.717) is 0 Å². The van der Waals surface area contributed by atoms with Gasteiger partial charge < -0.3 is 0 Å². The third kappa shape index (κ3) is 3.40. The third-order valence-corrected chi connectivity index (χ3v) is 2.58. The Morgan fingerprint density at radius 1 is 1.20 bits per heavy atom. The van der Waals surface area contributed by atoms with Crippen LogP contribution in [-0.4, -0.2) is 0 Å². The lowest BCUT2D eigenvalue weighted by Crippen LogP contribution is -2.10. The first-order valence-corrected chi connectivity index (χ1v) is 5.42. The van der Waals surface area contributed by atoms with Crippen molar-refractivity contribution in [2.24, 2.45) is 5.92 Å². The standard InChI is InChI=1S/C14H19N/c1-11(10-15)9-12-5-7-13(8-6-12)14(2,3)4/h5-8,11H,9H2,1-4H3. The Bertz CT molecular complexity index is 348. The molecule has 0 N–H and O–H groups in total. The molecule has 0 saturated heterocycles. The molecule has 1 aromatic rings. The lowest BCUT2D eigenvalue weighted by molar-refractivity contribution is 0.589. The van der Waals surface area contributed by atoms with Crippen molar-refractivity contribution in [3.8, 4) is 6.07 Å². The number of nitrogens with zero attached hydrogens (tertiary/aromatic N) is 1. The van der Waals surface area contributed by atoms with Crippen LogP contribution < -0.4 is 0 Å². The minimum absolute atomic E-state index is 0.102. The molecule has 0 amide bonds. The van der Waals surface area contributed by atoms with Gasteiger partial charge in [0.15, 0.2) is 0 Å². The van der Waals surface area contributed by atoms with Crippen LogP contribution in [0.25, 0.3) is 0 Å². The Morgan fingerprint density at radius 2 is 1.73 bits per heavy atom. The number of nitriles is 1. The van der Waals surface area contributed by atoms with Gasteiger partial charge in [-0.15, -0.1) is 0 Å². The van der Waals surface area contributed by atoms with Crippen LogP contribution in [0.5, 0.6) is 0 Å². The molecule has 80 valence electrons. The van der Waals surface area contributed by atoms with Crippen LogP contribution in [0, 0.1) is 17.2 Å². The van der Waals surface area contributed by atoms with Crippen molar-refractivity contribution >= 4 is 0 Å². The predicted molar refractivity (Wildman–Crippen MR) is 63.6 cm³/mol. The molecule has 0 radical (unpaired) electrons. The molecule has 0 aliphatic rings. The number of rotatable bonds is 2. The average molecular weight is 201 g/mol.